The first-order valence-corrected chi connectivity index (χ1v) is 9.42. The van der Waals surface area contributed by atoms with Gasteiger partial charge in [-0.3, -0.25) is 9.69 Å². The lowest BCUT2D eigenvalue weighted by atomic mass is 10.1. The summed E-state index contributed by atoms with van der Waals surface area (Å²) in [5.41, 5.74) is 3.24. The van der Waals surface area contributed by atoms with Gasteiger partial charge in [-0.15, -0.1) is 11.3 Å². The van der Waals surface area contributed by atoms with Crippen molar-refractivity contribution < 1.29 is 0 Å². The molecule has 0 aromatic heterocycles. The molecule has 0 amide bonds. The van der Waals surface area contributed by atoms with E-state index in [1.807, 2.05) is 6.07 Å². The predicted octanol–water partition coefficient (Wildman–Crippen LogP) is 3.05. The van der Waals surface area contributed by atoms with Gasteiger partial charge in [0.25, 0.3) is 0 Å². The van der Waals surface area contributed by atoms with Gasteiger partial charge in [-0.05, 0) is 49.7 Å². The molecule has 3 heterocycles. The minimum atomic E-state index is 0.0495. The fourth-order valence-corrected chi connectivity index (χ4v) is 5.04. The minimum absolute atomic E-state index is 0.0495. The Bertz CT molecular complexity index is 937. The van der Waals surface area contributed by atoms with Gasteiger partial charge < -0.3 is 4.90 Å². The molecule has 24 heavy (non-hydrogen) atoms. The van der Waals surface area contributed by atoms with Gasteiger partial charge in [0.2, 0.25) is 0 Å². The second kappa shape index (κ2) is 5.53. The molecule has 0 N–H and O–H groups in total. The van der Waals surface area contributed by atoms with Crippen molar-refractivity contribution in [2.45, 2.75) is 18.9 Å². The Kier molecular flexibility index (Phi) is 3.31. The summed E-state index contributed by atoms with van der Waals surface area (Å²) in [6, 6.07) is 12.4. The van der Waals surface area contributed by atoms with Gasteiger partial charge in [0.05, 0.1) is 20.8 Å². The van der Waals surface area contributed by atoms with Crippen molar-refractivity contribution in [1.29, 1.82) is 0 Å². The molecule has 5 rings (SSSR count). The van der Waals surface area contributed by atoms with Crippen LogP contribution in [0.15, 0.2) is 41.2 Å². The lowest BCUT2D eigenvalue weighted by Crippen LogP contribution is -2.50. The van der Waals surface area contributed by atoms with E-state index in [1.165, 1.54) is 31.6 Å². The highest BCUT2D eigenvalue weighted by molar-refractivity contribution is 7.21. The van der Waals surface area contributed by atoms with E-state index in [2.05, 4.69) is 28.0 Å². The summed E-state index contributed by atoms with van der Waals surface area (Å²) >= 11 is 1.66. The highest BCUT2D eigenvalue weighted by Crippen LogP contribution is 2.33. The van der Waals surface area contributed by atoms with Gasteiger partial charge >= 0.3 is 0 Å². The molecular weight excluding hydrogens is 318 g/mol. The standard InChI is InChI=1S/C19H19N3OS/c23-15-4-6-17-19(11-15)24-18-10-13(3-5-16(18)20-17)22-9-8-21-7-1-2-14(21)12-22/h3-6,10-11,14H,1-2,7-9,12H2/t14-/m0/s1. The van der Waals surface area contributed by atoms with Gasteiger partial charge in [-0.1, -0.05) is 0 Å². The SMILES string of the molecule is O=c1ccc2nc3ccc(N4CCN5CCC[C@H]5C4)cc3sc-2c1. The van der Waals surface area contributed by atoms with Crippen LogP contribution in [0.1, 0.15) is 12.8 Å². The summed E-state index contributed by atoms with van der Waals surface area (Å²) in [7, 11) is 0. The topological polar surface area (TPSA) is 36.4 Å². The van der Waals surface area contributed by atoms with Crippen LogP contribution < -0.4 is 10.3 Å². The zero-order valence-electron chi connectivity index (χ0n) is 13.4. The first-order valence-electron chi connectivity index (χ1n) is 8.60. The molecule has 2 saturated heterocycles. The summed E-state index contributed by atoms with van der Waals surface area (Å²) < 4.78 is 1.15. The van der Waals surface area contributed by atoms with Crippen molar-refractivity contribution in [2.24, 2.45) is 0 Å². The summed E-state index contributed by atoms with van der Waals surface area (Å²) in [6.45, 7) is 4.66. The Morgan fingerprint density at radius 1 is 1.08 bits per heavy atom. The van der Waals surface area contributed by atoms with E-state index >= 15 is 0 Å². The lowest BCUT2D eigenvalue weighted by molar-refractivity contribution is 0.231. The Labute approximate surface area is 144 Å². The summed E-state index contributed by atoms with van der Waals surface area (Å²) in [5, 5.41) is 0. The molecule has 1 aromatic rings. The number of hydrogen-bond donors (Lipinski definition) is 0. The molecule has 2 fully saturated rings. The summed E-state index contributed by atoms with van der Waals surface area (Å²) in [5.74, 6) is 0. The van der Waals surface area contributed by atoms with Crippen LogP contribution in [0.2, 0.25) is 0 Å². The van der Waals surface area contributed by atoms with Crippen LogP contribution in [0.5, 0.6) is 0 Å². The first kappa shape index (κ1) is 14.4. The van der Waals surface area contributed by atoms with E-state index < -0.39 is 0 Å². The Morgan fingerprint density at radius 3 is 3.00 bits per heavy atom. The third-order valence-electron chi connectivity index (χ3n) is 5.29. The Balaban J connectivity index is 1.54. The van der Waals surface area contributed by atoms with Crippen LogP contribution in [0.4, 0.5) is 5.69 Å². The molecule has 0 spiro atoms. The number of nitrogens with zero attached hydrogens (tertiary/aromatic N) is 3. The van der Waals surface area contributed by atoms with E-state index in [-0.39, 0.29) is 5.43 Å². The summed E-state index contributed by atoms with van der Waals surface area (Å²) in [6.07, 6.45) is 2.66. The van der Waals surface area contributed by atoms with Gasteiger partial charge in [0.1, 0.15) is 0 Å². The average Bonchev–Trinajstić information content (AvgIpc) is 3.07. The molecular formula is C19H19N3OS. The van der Waals surface area contributed by atoms with E-state index in [0.717, 1.165) is 39.9 Å². The molecule has 4 aliphatic rings. The van der Waals surface area contributed by atoms with Crippen molar-refractivity contribution in [3.8, 4) is 10.6 Å². The minimum Gasteiger partial charge on any atom is -0.369 e. The zero-order chi connectivity index (χ0) is 16.1. The molecule has 1 aromatic carbocycles. The van der Waals surface area contributed by atoms with Gasteiger partial charge in [-0.2, -0.15) is 0 Å². The quantitative estimate of drug-likeness (QED) is 0.640. The molecule has 1 aliphatic carbocycles. The van der Waals surface area contributed by atoms with E-state index in [1.54, 1.807) is 23.5 Å². The van der Waals surface area contributed by atoms with Gasteiger partial charge in [-0.25, -0.2) is 4.98 Å². The van der Waals surface area contributed by atoms with Crippen LogP contribution >= 0.6 is 11.3 Å². The van der Waals surface area contributed by atoms with Gasteiger partial charge in [0, 0.05) is 37.4 Å². The van der Waals surface area contributed by atoms with Crippen molar-refractivity contribution in [2.75, 3.05) is 31.1 Å². The maximum absolute atomic E-state index is 11.6. The maximum Gasteiger partial charge on any atom is 0.180 e. The Morgan fingerprint density at radius 2 is 2.04 bits per heavy atom. The second-order valence-corrected chi connectivity index (χ2v) is 7.86. The monoisotopic (exact) mass is 337 g/mol. The molecule has 3 aliphatic heterocycles. The smallest absolute Gasteiger partial charge is 0.180 e. The first-order chi connectivity index (χ1) is 11.8. The second-order valence-electron chi connectivity index (χ2n) is 6.77. The summed E-state index contributed by atoms with van der Waals surface area (Å²) in [4.78, 5) is 22.4. The van der Waals surface area contributed by atoms with Crippen LogP contribution in [0.25, 0.3) is 20.8 Å². The van der Waals surface area contributed by atoms with Crippen molar-refractivity contribution >= 4 is 27.2 Å². The number of rotatable bonds is 1. The average molecular weight is 337 g/mol. The van der Waals surface area contributed by atoms with Crippen LogP contribution in [0.3, 0.4) is 0 Å². The molecule has 0 unspecified atom stereocenters. The number of aromatic nitrogens is 1. The van der Waals surface area contributed by atoms with Crippen molar-refractivity contribution in [3.63, 3.8) is 0 Å². The number of anilines is 1. The number of fused-ring (bicyclic) bond motifs is 3. The third kappa shape index (κ3) is 2.39. The third-order valence-corrected chi connectivity index (χ3v) is 6.38. The number of piperazine rings is 1. The molecule has 122 valence electrons. The van der Waals surface area contributed by atoms with E-state index in [9.17, 15) is 4.79 Å². The highest BCUT2D eigenvalue weighted by atomic mass is 32.1. The predicted molar refractivity (Wildman–Crippen MR) is 99.3 cm³/mol. The van der Waals surface area contributed by atoms with Crippen molar-refractivity contribution in [3.05, 3.63) is 46.6 Å². The maximum atomic E-state index is 11.6. The molecule has 0 saturated carbocycles. The number of benzene rings is 2. The molecule has 0 bridgehead atoms. The molecule has 4 nitrogen and oxygen atoms in total. The fourth-order valence-electron chi connectivity index (χ4n) is 4.02. The van der Waals surface area contributed by atoms with Crippen molar-refractivity contribution in [1.82, 2.24) is 9.88 Å². The van der Waals surface area contributed by atoms with E-state index in [4.69, 9.17) is 4.98 Å². The van der Waals surface area contributed by atoms with E-state index in [0.29, 0.717) is 0 Å². The fraction of sp³-hybridized carbons (Fsp3) is 0.368. The largest absolute Gasteiger partial charge is 0.369 e. The normalized spacial score (nSPS) is 21.5. The van der Waals surface area contributed by atoms with Crippen LogP contribution in [0, 0.1) is 0 Å². The molecule has 1 atom stereocenters. The lowest BCUT2D eigenvalue weighted by Gasteiger charge is -2.38. The van der Waals surface area contributed by atoms with Crippen LogP contribution in [-0.2, 0) is 0 Å². The highest BCUT2D eigenvalue weighted by Gasteiger charge is 2.30. The zero-order valence-corrected chi connectivity index (χ0v) is 14.3. The Hall–Kier alpha value is -1.98. The molecule has 5 heteroatoms. The van der Waals surface area contributed by atoms with Gasteiger partial charge in [0.15, 0.2) is 5.43 Å². The molecule has 0 radical (unpaired) electrons. The number of hydrogen-bond acceptors (Lipinski definition) is 5. The van der Waals surface area contributed by atoms with Crippen LogP contribution in [-0.4, -0.2) is 42.1 Å².